The molecule has 1 aliphatic rings. The van der Waals surface area contributed by atoms with Crippen molar-refractivity contribution in [3.05, 3.63) is 86.5 Å². The Bertz CT molecular complexity index is 945. The summed E-state index contributed by atoms with van der Waals surface area (Å²) in [5.74, 6) is 0. The van der Waals surface area contributed by atoms with Gasteiger partial charge in [-0.2, -0.15) is 0 Å². The van der Waals surface area contributed by atoms with Crippen LogP contribution in [0, 0.1) is 10.1 Å². The molecule has 8 nitrogen and oxygen atoms in total. The van der Waals surface area contributed by atoms with Gasteiger partial charge in [0.05, 0.1) is 9.82 Å². The van der Waals surface area contributed by atoms with E-state index in [0.29, 0.717) is 22.6 Å². The highest BCUT2D eigenvalue weighted by molar-refractivity contribution is 9.11. The monoisotopic (exact) mass is 481 g/mol. The van der Waals surface area contributed by atoms with Crippen LogP contribution in [0.4, 0.5) is 11.4 Å². The van der Waals surface area contributed by atoms with Crippen LogP contribution in [0.2, 0.25) is 0 Å². The average Bonchev–Trinajstić information content (AvgIpc) is 2.70. The largest absolute Gasteiger partial charge is 0.369 e. The van der Waals surface area contributed by atoms with Crippen molar-refractivity contribution in [2.45, 2.75) is 24.0 Å². The average molecular weight is 482 g/mol. The molecule has 0 amide bonds. The Balaban J connectivity index is 1.65. The maximum absolute atomic E-state index is 10.7. The zero-order chi connectivity index (χ0) is 21.0. The van der Waals surface area contributed by atoms with Crippen molar-refractivity contribution < 1.29 is 19.1 Å². The normalized spacial score (nSPS) is 15.7. The van der Waals surface area contributed by atoms with E-state index in [-0.39, 0.29) is 5.69 Å². The lowest BCUT2D eigenvalue weighted by Gasteiger charge is -2.35. The third kappa shape index (κ3) is 5.58. The van der Waals surface area contributed by atoms with Crippen molar-refractivity contribution in [2.24, 2.45) is 0 Å². The highest BCUT2D eigenvalue weighted by Crippen LogP contribution is 2.46. The second-order valence-corrected chi connectivity index (χ2v) is 9.17. The lowest BCUT2D eigenvalue weighted by atomic mass is 10.1. The molecule has 1 atom stereocenters. The molecule has 0 saturated carbocycles. The van der Waals surface area contributed by atoms with Gasteiger partial charge >= 0.3 is 0 Å². The molecule has 0 bridgehead atoms. The molecule has 1 unspecified atom stereocenters. The van der Waals surface area contributed by atoms with Gasteiger partial charge in [0.2, 0.25) is 0 Å². The van der Waals surface area contributed by atoms with Crippen molar-refractivity contribution in [1.82, 2.24) is 4.72 Å². The van der Waals surface area contributed by atoms with E-state index in [0.717, 1.165) is 16.6 Å². The van der Waals surface area contributed by atoms with Gasteiger partial charge in [-0.3, -0.25) is 23.9 Å². The minimum atomic E-state index is -3.20. The topological polar surface area (TPSA) is 128 Å². The number of nitro groups is 1. The van der Waals surface area contributed by atoms with E-state index in [1.54, 1.807) is 30.3 Å². The molecule has 0 saturated heterocycles. The van der Waals surface area contributed by atoms with Crippen LogP contribution in [0.5, 0.6) is 0 Å². The van der Waals surface area contributed by atoms with Crippen LogP contribution in [-0.2, 0) is 0 Å². The number of hydrogen-bond donors (Lipinski definition) is 5. The Morgan fingerprint density at radius 2 is 1.69 bits per heavy atom. The maximum atomic E-state index is 10.7. The molecule has 1 aliphatic carbocycles. The van der Waals surface area contributed by atoms with Gasteiger partial charge in [-0.1, -0.05) is 32.8 Å². The number of halogens is 1. The van der Waals surface area contributed by atoms with Crippen molar-refractivity contribution in [3.63, 3.8) is 0 Å². The van der Waals surface area contributed by atoms with E-state index < -0.39 is 21.9 Å². The molecule has 10 heteroatoms. The quantitative estimate of drug-likeness (QED) is 0.207. The number of anilines is 1. The van der Waals surface area contributed by atoms with Gasteiger partial charge in [0.25, 0.3) is 5.69 Å². The van der Waals surface area contributed by atoms with Gasteiger partial charge in [0.15, 0.2) is 6.23 Å². The van der Waals surface area contributed by atoms with Gasteiger partial charge in [0, 0.05) is 29.1 Å². The molecule has 2 aromatic carbocycles. The number of aliphatic hydroxyl groups excluding tert-OH is 1. The molecule has 154 valence electrons. The first kappa shape index (κ1) is 21.3. The Morgan fingerprint density at radius 1 is 1.03 bits per heavy atom. The Hall–Kier alpha value is -2.37. The number of benzene rings is 2. The molecule has 3 rings (SSSR count). The van der Waals surface area contributed by atoms with E-state index in [2.05, 4.69) is 26.0 Å². The van der Waals surface area contributed by atoms with E-state index >= 15 is 0 Å². The van der Waals surface area contributed by atoms with Crippen LogP contribution in [0.3, 0.4) is 0 Å². The number of non-ortho nitro benzene ring substituents is 1. The predicted octanol–water partition coefficient (Wildman–Crippen LogP) is 5.27. The molecule has 0 aliphatic heterocycles. The van der Waals surface area contributed by atoms with Crippen LogP contribution in [0.1, 0.15) is 24.6 Å². The van der Waals surface area contributed by atoms with Gasteiger partial charge < -0.3 is 10.4 Å². The number of nitro benzene ring substituents is 1. The molecule has 2 aromatic rings. The SMILES string of the molecule is O=[N+]([O-])c1ccc(C(O)Nc2ccc(S(O)(O)NC3=CC=C(Br)CC3)cc2)cc1. The summed E-state index contributed by atoms with van der Waals surface area (Å²) in [5, 5.41) is 23.8. The highest BCUT2D eigenvalue weighted by atomic mass is 79.9. The zero-order valence-corrected chi connectivity index (χ0v) is 17.6. The lowest BCUT2D eigenvalue weighted by molar-refractivity contribution is -0.384. The Labute approximate surface area is 177 Å². The minimum Gasteiger partial charge on any atom is -0.369 e. The fourth-order valence-corrected chi connectivity index (χ4v) is 4.20. The second-order valence-electron chi connectivity index (χ2n) is 6.38. The smallest absolute Gasteiger partial charge is 0.269 e. The first-order chi connectivity index (χ1) is 13.7. The number of hydrogen-bond acceptors (Lipinski definition) is 7. The summed E-state index contributed by atoms with van der Waals surface area (Å²) < 4.78 is 24.8. The molecular formula is C19H20BrN3O5S. The maximum Gasteiger partial charge on any atom is 0.269 e. The fourth-order valence-electron chi connectivity index (χ4n) is 2.70. The van der Waals surface area contributed by atoms with Crippen LogP contribution in [0.25, 0.3) is 0 Å². The molecule has 0 fully saturated rings. The molecule has 0 aromatic heterocycles. The van der Waals surface area contributed by atoms with Crippen LogP contribution in [-0.4, -0.2) is 19.1 Å². The van der Waals surface area contributed by atoms with E-state index in [1.807, 2.05) is 6.08 Å². The summed E-state index contributed by atoms with van der Waals surface area (Å²) in [7, 11) is -3.20. The summed E-state index contributed by atoms with van der Waals surface area (Å²) in [6.07, 6.45) is 4.07. The molecule has 0 heterocycles. The zero-order valence-electron chi connectivity index (χ0n) is 15.2. The van der Waals surface area contributed by atoms with Crippen LogP contribution < -0.4 is 10.0 Å². The van der Waals surface area contributed by atoms with Gasteiger partial charge in [-0.05, 0) is 59.8 Å². The first-order valence-electron chi connectivity index (χ1n) is 8.65. The second kappa shape index (κ2) is 8.97. The van der Waals surface area contributed by atoms with E-state index in [4.69, 9.17) is 0 Å². The van der Waals surface area contributed by atoms with Gasteiger partial charge in [-0.25, -0.2) is 0 Å². The van der Waals surface area contributed by atoms with Crippen molar-refractivity contribution >= 4 is 38.1 Å². The van der Waals surface area contributed by atoms with Crippen molar-refractivity contribution in [3.8, 4) is 0 Å². The summed E-state index contributed by atoms with van der Waals surface area (Å²) >= 11 is 3.41. The third-order valence-corrected chi connectivity index (χ3v) is 6.42. The molecule has 29 heavy (non-hydrogen) atoms. The van der Waals surface area contributed by atoms with Crippen molar-refractivity contribution in [2.75, 3.05) is 5.32 Å². The standard InChI is InChI=1S/C19H20BrN3O5S/c20-14-3-5-16(6-4-14)22-29(27,28)18-11-7-15(8-12-18)21-19(24)13-1-9-17(10-2-13)23(25)26/h1-3,5,7-12,19,21-22,24,27-28H,4,6H2. The molecule has 0 radical (unpaired) electrons. The van der Waals surface area contributed by atoms with Gasteiger partial charge in [0.1, 0.15) is 0 Å². The minimum absolute atomic E-state index is 0.0565. The molecule has 0 spiro atoms. The van der Waals surface area contributed by atoms with Crippen LogP contribution in [0.15, 0.2) is 75.8 Å². The van der Waals surface area contributed by atoms with E-state index in [9.17, 15) is 24.3 Å². The summed E-state index contributed by atoms with van der Waals surface area (Å²) in [4.78, 5) is 10.5. The van der Waals surface area contributed by atoms with Crippen molar-refractivity contribution in [1.29, 1.82) is 0 Å². The van der Waals surface area contributed by atoms with E-state index in [1.165, 1.54) is 24.3 Å². The first-order valence-corrected chi connectivity index (χ1v) is 11.0. The molecular weight excluding hydrogens is 462 g/mol. The Morgan fingerprint density at radius 3 is 2.24 bits per heavy atom. The fraction of sp³-hybridized carbons (Fsp3) is 0.158. The third-order valence-electron chi connectivity index (χ3n) is 4.28. The Kier molecular flexibility index (Phi) is 6.60. The van der Waals surface area contributed by atoms with Crippen LogP contribution >= 0.6 is 26.7 Å². The predicted molar refractivity (Wildman–Crippen MR) is 117 cm³/mol. The number of nitrogens with zero attached hydrogens (tertiary/aromatic N) is 1. The summed E-state index contributed by atoms with van der Waals surface area (Å²) in [5.41, 5.74) is 1.70. The highest BCUT2D eigenvalue weighted by Gasteiger charge is 2.18. The number of nitrogens with one attached hydrogen (secondary N) is 2. The molecule has 5 N–H and O–H groups in total. The number of aliphatic hydroxyl groups is 1. The summed E-state index contributed by atoms with van der Waals surface area (Å²) in [6.45, 7) is 0. The number of allylic oxidation sites excluding steroid dienone is 4. The van der Waals surface area contributed by atoms with Gasteiger partial charge in [-0.15, -0.1) is 0 Å². The lowest BCUT2D eigenvalue weighted by Crippen LogP contribution is -2.20. The number of rotatable bonds is 7. The summed E-state index contributed by atoms with van der Waals surface area (Å²) in [6, 6.07) is 11.9.